The standard InChI is InChI=1S/C10H11N3S/c1-8-10(14-13-12-8)11-7-9-5-3-2-4-6-9/h2-6,11H,7H2,1H3. The number of nitrogens with zero attached hydrogens (tertiary/aromatic N) is 2. The number of hydrogen-bond acceptors (Lipinski definition) is 4. The molecule has 4 heteroatoms. The van der Waals surface area contributed by atoms with Crippen LogP contribution in [0.5, 0.6) is 0 Å². The van der Waals surface area contributed by atoms with Crippen LogP contribution < -0.4 is 5.32 Å². The molecular weight excluding hydrogens is 194 g/mol. The second-order valence-electron chi connectivity index (χ2n) is 3.03. The second-order valence-corrected chi connectivity index (χ2v) is 3.78. The van der Waals surface area contributed by atoms with Crippen LogP contribution in [0.3, 0.4) is 0 Å². The van der Waals surface area contributed by atoms with Crippen LogP contribution in [0.15, 0.2) is 30.3 Å². The number of aryl methyl sites for hydroxylation is 1. The fourth-order valence-electron chi connectivity index (χ4n) is 1.17. The summed E-state index contributed by atoms with van der Waals surface area (Å²) in [5.74, 6) is 0. The van der Waals surface area contributed by atoms with Crippen LogP contribution in [-0.2, 0) is 6.54 Å². The first-order valence-electron chi connectivity index (χ1n) is 4.43. The van der Waals surface area contributed by atoms with Gasteiger partial charge < -0.3 is 5.32 Å². The van der Waals surface area contributed by atoms with E-state index < -0.39 is 0 Å². The molecule has 0 unspecified atom stereocenters. The molecule has 0 aliphatic heterocycles. The molecule has 1 N–H and O–H groups in total. The van der Waals surface area contributed by atoms with Crippen molar-refractivity contribution >= 4 is 16.5 Å². The summed E-state index contributed by atoms with van der Waals surface area (Å²) in [6.45, 7) is 2.78. The highest BCUT2D eigenvalue weighted by Crippen LogP contribution is 2.16. The monoisotopic (exact) mass is 205 g/mol. The summed E-state index contributed by atoms with van der Waals surface area (Å²) in [7, 11) is 0. The van der Waals surface area contributed by atoms with Crippen molar-refractivity contribution in [3.63, 3.8) is 0 Å². The predicted molar refractivity (Wildman–Crippen MR) is 58.4 cm³/mol. The molecular formula is C10H11N3S. The van der Waals surface area contributed by atoms with Crippen LogP contribution in [0.25, 0.3) is 0 Å². The van der Waals surface area contributed by atoms with Crippen molar-refractivity contribution in [2.45, 2.75) is 13.5 Å². The van der Waals surface area contributed by atoms with Gasteiger partial charge >= 0.3 is 0 Å². The zero-order valence-corrected chi connectivity index (χ0v) is 8.71. The van der Waals surface area contributed by atoms with E-state index in [-0.39, 0.29) is 0 Å². The minimum absolute atomic E-state index is 0.825. The Morgan fingerprint density at radius 1 is 1.29 bits per heavy atom. The van der Waals surface area contributed by atoms with E-state index in [0.29, 0.717) is 0 Å². The second kappa shape index (κ2) is 4.19. The average molecular weight is 205 g/mol. The largest absolute Gasteiger partial charge is 0.370 e. The van der Waals surface area contributed by atoms with E-state index in [1.54, 1.807) is 0 Å². The summed E-state index contributed by atoms with van der Waals surface area (Å²) < 4.78 is 3.86. The van der Waals surface area contributed by atoms with Crippen molar-refractivity contribution < 1.29 is 0 Å². The summed E-state index contributed by atoms with van der Waals surface area (Å²) in [6, 6.07) is 10.3. The van der Waals surface area contributed by atoms with E-state index in [9.17, 15) is 0 Å². The Bertz CT molecular complexity index is 397. The number of rotatable bonds is 3. The van der Waals surface area contributed by atoms with Gasteiger partial charge in [0.15, 0.2) is 0 Å². The quantitative estimate of drug-likeness (QED) is 0.836. The lowest BCUT2D eigenvalue weighted by atomic mass is 10.2. The van der Waals surface area contributed by atoms with E-state index in [2.05, 4.69) is 27.0 Å². The van der Waals surface area contributed by atoms with Crippen molar-refractivity contribution in [3.05, 3.63) is 41.6 Å². The lowest BCUT2D eigenvalue weighted by molar-refractivity contribution is 1.08. The van der Waals surface area contributed by atoms with E-state index in [1.165, 1.54) is 17.1 Å². The van der Waals surface area contributed by atoms with Gasteiger partial charge in [-0.3, -0.25) is 0 Å². The van der Waals surface area contributed by atoms with Crippen molar-refractivity contribution in [3.8, 4) is 0 Å². The highest BCUT2D eigenvalue weighted by Gasteiger charge is 2.00. The Labute approximate surface area is 87.0 Å². The topological polar surface area (TPSA) is 37.8 Å². The molecule has 0 spiro atoms. The highest BCUT2D eigenvalue weighted by molar-refractivity contribution is 7.10. The van der Waals surface area contributed by atoms with Gasteiger partial charge in [-0.2, -0.15) is 0 Å². The first kappa shape index (κ1) is 9.15. The Morgan fingerprint density at radius 3 is 2.71 bits per heavy atom. The molecule has 2 aromatic rings. The Morgan fingerprint density at radius 2 is 2.07 bits per heavy atom. The molecule has 0 bridgehead atoms. The highest BCUT2D eigenvalue weighted by atomic mass is 32.1. The maximum Gasteiger partial charge on any atom is 0.133 e. The van der Waals surface area contributed by atoms with Crippen LogP contribution in [0.2, 0.25) is 0 Å². The van der Waals surface area contributed by atoms with E-state index >= 15 is 0 Å². The molecule has 0 atom stereocenters. The van der Waals surface area contributed by atoms with Gasteiger partial charge in [-0.25, -0.2) is 0 Å². The average Bonchev–Trinajstić information content (AvgIpc) is 2.63. The van der Waals surface area contributed by atoms with Crippen LogP contribution in [0, 0.1) is 6.92 Å². The maximum absolute atomic E-state index is 3.93. The van der Waals surface area contributed by atoms with Crippen LogP contribution in [0.4, 0.5) is 5.00 Å². The minimum Gasteiger partial charge on any atom is -0.370 e. The molecule has 0 fully saturated rings. The van der Waals surface area contributed by atoms with Crippen LogP contribution >= 0.6 is 11.5 Å². The lowest BCUT2D eigenvalue weighted by Crippen LogP contribution is -1.98. The van der Waals surface area contributed by atoms with E-state index in [1.807, 2.05) is 25.1 Å². The molecule has 1 aromatic carbocycles. The van der Waals surface area contributed by atoms with Crippen molar-refractivity contribution in [1.29, 1.82) is 0 Å². The number of aromatic nitrogens is 2. The molecule has 0 radical (unpaired) electrons. The van der Waals surface area contributed by atoms with E-state index in [0.717, 1.165) is 17.2 Å². The van der Waals surface area contributed by atoms with Gasteiger partial charge in [-0.1, -0.05) is 34.8 Å². The summed E-state index contributed by atoms with van der Waals surface area (Å²) in [4.78, 5) is 0. The lowest BCUT2D eigenvalue weighted by Gasteiger charge is -2.02. The molecule has 1 heterocycles. The maximum atomic E-state index is 3.93. The number of benzene rings is 1. The molecule has 3 nitrogen and oxygen atoms in total. The number of hydrogen-bond donors (Lipinski definition) is 1. The third-order valence-electron chi connectivity index (χ3n) is 1.95. The molecule has 1 aromatic heterocycles. The molecule has 0 aliphatic carbocycles. The summed E-state index contributed by atoms with van der Waals surface area (Å²) in [6.07, 6.45) is 0. The van der Waals surface area contributed by atoms with Gasteiger partial charge in [0.1, 0.15) is 5.00 Å². The van der Waals surface area contributed by atoms with Gasteiger partial charge in [0, 0.05) is 18.1 Å². The van der Waals surface area contributed by atoms with Gasteiger partial charge in [-0.05, 0) is 12.5 Å². The molecule has 14 heavy (non-hydrogen) atoms. The summed E-state index contributed by atoms with van der Waals surface area (Å²) in [5, 5.41) is 8.29. The molecule has 2 rings (SSSR count). The van der Waals surface area contributed by atoms with Gasteiger partial charge in [0.2, 0.25) is 0 Å². The number of anilines is 1. The molecule has 0 amide bonds. The molecule has 0 saturated carbocycles. The molecule has 72 valence electrons. The van der Waals surface area contributed by atoms with Crippen LogP contribution in [-0.4, -0.2) is 9.59 Å². The van der Waals surface area contributed by atoms with Crippen molar-refractivity contribution in [1.82, 2.24) is 9.59 Å². The third-order valence-corrected chi connectivity index (χ3v) is 2.73. The third kappa shape index (κ3) is 2.09. The zero-order valence-electron chi connectivity index (χ0n) is 7.90. The van der Waals surface area contributed by atoms with Gasteiger partial charge in [0.05, 0.1) is 5.69 Å². The Balaban J connectivity index is 1.99. The van der Waals surface area contributed by atoms with Crippen LogP contribution in [0.1, 0.15) is 11.3 Å². The minimum atomic E-state index is 0.825. The molecule has 0 saturated heterocycles. The summed E-state index contributed by atoms with van der Waals surface area (Å²) in [5.41, 5.74) is 2.23. The number of nitrogens with one attached hydrogen (secondary N) is 1. The zero-order chi connectivity index (χ0) is 9.80. The smallest absolute Gasteiger partial charge is 0.133 e. The Kier molecular flexibility index (Phi) is 2.74. The fourth-order valence-corrected chi connectivity index (χ4v) is 1.73. The Hall–Kier alpha value is -1.42. The SMILES string of the molecule is Cc1nnsc1NCc1ccccc1. The first-order valence-corrected chi connectivity index (χ1v) is 5.20. The van der Waals surface area contributed by atoms with Gasteiger partial charge in [0.25, 0.3) is 0 Å². The predicted octanol–water partition coefficient (Wildman–Crippen LogP) is 2.46. The van der Waals surface area contributed by atoms with Crippen molar-refractivity contribution in [2.24, 2.45) is 0 Å². The summed E-state index contributed by atoms with van der Waals surface area (Å²) >= 11 is 1.40. The van der Waals surface area contributed by atoms with Crippen molar-refractivity contribution in [2.75, 3.05) is 5.32 Å². The van der Waals surface area contributed by atoms with E-state index in [4.69, 9.17) is 0 Å². The fraction of sp³-hybridized carbons (Fsp3) is 0.200. The normalized spacial score (nSPS) is 10.1. The first-order chi connectivity index (χ1) is 6.86. The molecule has 0 aliphatic rings. The van der Waals surface area contributed by atoms with Gasteiger partial charge in [-0.15, -0.1) is 5.10 Å².